The molecule has 136 valence electrons. The van der Waals surface area contributed by atoms with Crippen LogP contribution in [0.3, 0.4) is 0 Å². The molecule has 1 aliphatic carbocycles. The van der Waals surface area contributed by atoms with Gasteiger partial charge in [0.15, 0.2) is 0 Å². The van der Waals surface area contributed by atoms with Crippen molar-refractivity contribution in [2.45, 2.75) is 54.0 Å². The zero-order valence-corrected chi connectivity index (χ0v) is 16.2. The summed E-state index contributed by atoms with van der Waals surface area (Å²) in [5.41, 5.74) is 3.94. The number of nitrogens with one attached hydrogen (secondary N) is 1. The monoisotopic (exact) mass is 374 g/mol. The Balaban J connectivity index is 1.45. The number of hydrogen-bond acceptors (Lipinski definition) is 3. The number of rotatable bonds is 2. The van der Waals surface area contributed by atoms with Crippen molar-refractivity contribution in [2.75, 3.05) is 0 Å². The van der Waals surface area contributed by atoms with E-state index in [1.807, 2.05) is 12.1 Å². The Morgan fingerprint density at radius 2 is 2.00 bits per heavy atom. The topological polar surface area (TPSA) is 42.0 Å². The zero-order chi connectivity index (χ0) is 18.4. The molecule has 2 aliphatic rings. The summed E-state index contributed by atoms with van der Waals surface area (Å²) in [5, 5.41) is 5.42. The molecule has 5 rings (SSSR count). The predicted molar refractivity (Wildman–Crippen MR) is 109 cm³/mol. The lowest BCUT2D eigenvalue weighted by molar-refractivity contribution is -0.125. The molecule has 27 heavy (non-hydrogen) atoms. The summed E-state index contributed by atoms with van der Waals surface area (Å²) in [6.45, 7) is 2.31. The van der Waals surface area contributed by atoms with Crippen LogP contribution in [0.4, 0.5) is 0 Å². The normalized spacial score (nSPS) is 24.2. The molecular formula is C23H22N2OS. The number of piperidine rings is 1. The number of nitrogens with zero attached hydrogens (tertiary/aromatic N) is 1. The van der Waals surface area contributed by atoms with E-state index in [1.54, 1.807) is 11.8 Å². The van der Waals surface area contributed by atoms with Gasteiger partial charge in [0.25, 0.3) is 0 Å². The molecule has 0 unspecified atom stereocenters. The van der Waals surface area contributed by atoms with E-state index in [1.165, 1.54) is 21.4 Å². The molecule has 4 heteroatoms. The number of carbonyl (C=O) groups is 1. The van der Waals surface area contributed by atoms with Gasteiger partial charge in [0.2, 0.25) is 5.91 Å². The third-order valence-electron chi connectivity index (χ3n) is 6.17. The summed E-state index contributed by atoms with van der Waals surface area (Å²) in [7, 11) is 0. The summed E-state index contributed by atoms with van der Waals surface area (Å²) in [4.78, 5) is 17.8. The summed E-state index contributed by atoms with van der Waals surface area (Å²) < 4.78 is 0. The van der Waals surface area contributed by atoms with Crippen LogP contribution in [0.25, 0.3) is 10.9 Å². The number of hydrogen-bond donors (Lipinski definition) is 1. The van der Waals surface area contributed by atoms with Crippen LogP contribution in [0.5, 0.6) is 0 Å². The molecule has 2 aromatic carbocycles. The van der Waals surface area contributed by atoms with E-state index in [2.05, 4.69) is 54.7 Å². The first-order chi connectivity index (χ1) is 13.1. The molecule has 1 amide bonds. The molecule has 0 radical (unpaired) electrons. The van der Waals surface area contributed by atoms with Gasteiger partial charge in [-0.1, -0.05) is 49.0 Å². The molecule has 1 fully saturated rings. The Morgan fingerprint density at radius 1 is 1.11 bits per heavy atom. The highest BCUT2D eigenvalue weighted by Gasteiger charge is 2.43. The van der Waals surface area contributed by atoms with Gasteiger partial charge in [-0.3, -0.25) is 4.79 Å². The van der Waals surface area contributed by atoms with E-state index in [0.29, 0.717) is 6.42 Å². The van der Waals surface area contributed by atoms with Gasteiger partial charge < -0.3 is 5.32 Å². The van der Waals surface area contributed by atoms with E-state index < -0.39 is 0 Å². The van der Waals surface area contributed by atoms with Gasteiger partial charge in [0.05, 0.1) is 5.52 Å². The second-order valence-corrected chi connectivity index (χ2v) is 8.93. The summed E-state index contributed by atoms with van der Waals surface area (Å²) in [6, 6.07) is 19.6. The van der Waals surface area contributed by atoms with Crippen LogP contribution in [-0.4, -0.2) is 16.9 Å². The van der Waals surface area contributed by atoms with Gasteiger partial charge in [-0.25, -0.2) is 4.98 Å². The summed E-state index contributed by atoms with van der Waals surface area (Å²) in [5.74, 6) is 0.204. The maximum absolute atomic E-state index is 11.8. The smallest absolute Gasteiger partial charge is 0.220 e. The Bertz CT molecular complexity index is 1050. The molecule has 1 aliphatic heterocycles. The van der Waals surface area contributed by atoms with Crippen molar-refractivity contribution in [3.63, 3.8) is 0 Å². The Kier molecular flexibility index (Phi) is 3.97. The number of benzene rings is 2. The number of amides is 1. The number of carbonyl (C=O) groups excluding carboxylic acids is 1. The molecule has 1 N–H and O–H groups in total. The maximum Gasteiger partial charge on any atom is 0.220 e. The van der Waals surface area contributed by atoms with Gasteiger partial charge in [0, 0.05) is 28.2 Å². The number of pyridine rings is 1. The lowest BCUT2D eigenvalue weighted by atomic mass is 9.64. The second-order valence-electron chi connectivity index (χ2n) is 7.84. The van der Waals surface area contributed by atoms with Crippen LogP contribution in [0.1, 0.15) is 37.3 Å². The number of fused-ring (bicyclic) bond motifs is 4. The predicted octanol–water partition coefficient (Wildman–Crippen LogP) is 4.87. The highest BCUT2D eigenvalue weighted by Crippen LogP contribution is 2.44. The van der Waals surface area contributed by atoms with Crippen LogP contribution < -0.4 is 5.32 Å². The van der Waals surface area contributed by atoms with E-state index in [9.17, 15) is 4.79 Å². The largest absolute Gasteiger partial charge is 0.352 e. The Morgan fingerprint density at radius 3 is 2.93 bits per heavy atom. The minimum atomic E-state index is 0.0614. The molecular weight excluding hydrogens is 352 g/mol. The SMILES string of the molecule is C[C@]12CCC(=O)N[C@@H]1CCc1cc(Sc3ccc4ccccc4n3)ccc12. The van der Waals surface area contributed by atoms with Crippen molar-refractivity contribution in [3.8, 4) is 0 Å². The minimum absolute atomic E-state index is 0.0614. The molecule has 0 saturated carbocycles. The number of aromatic nitrogens is 1. The Hall–Kier alpha value is -2.33. The lowest BCUT2D eigenvalue weighted by Crippen LogP contribution is -2.55. The average molecular weight is 375 g/mol. The van der Waals surface area contributed by atoms with E-state index in [0.717, 1.165) is 29.8 Å². The van der Waals surface area contributed by atoms with Crippen molar-refractivity contribution in [3.05, 3.63) is 65.7 Å². The van der Waals surface area contributed by atoms with Crippen LogP contribution >= 0.6 is 11.8 Å². The van der Waals surface area contributed by atoms with E-state index >= 15 is 0 Å². The van der Waals surface area contributed by atoms with Crippen LogP contribution in [0.15, 0.2) is 64.5 Å². The third kappa shape index (κ3) is 2.92. The zero-order valence-electron chi connectivity index (χ0n) is 15.4. The van der Waals surface area contributed by atoms with Gasteiger partial charge in [-0.15, -0.1) is 0 Å². The van der Waals surface area contributed by atoms with Gasteiger partial charge in [-0.2, -0.15) is 0 Å². The maximum atomic E-state index is 11.8. The van der Waals surface area contributed by atoms with Gasteiger partial charge >= 0.3 is 0 Å². The standard InChI is InChI=1S/C23H22N2OS/c1-23-13-12-21(26)25-20(23)10-6-16-14-17(8-9-18(16)23)27-22-11-7-15-4-2-3-5-19(15)24-22/h2-5,7-9,11,14,20H,6,10,12-13H2,1H3,(H,25,26)/t20-,23-/m1/s1. The third-order valence-corrected chi connectivity index (χ3v) is 7.09. The molecule has 2 heterocycles. The molecule has 0 bridgehead atoms. The fourth-order valence-corrected chi connectivity index (χ4v) is 5.47. The molecule has 0 spiro atoms. The van der Waals surface area contributed by atoms with Crippen LogP contribution in [0.2, 0.25) is 0 Å². The molecule has 3 nitrogen and oxygen atoms in total. The van der Waals surface area contributed by atoms with Crippen molar-refractivity contribution in [2.24, 2.45) is 0 Å². The van der Waals surface area contributed by atoms with Gasteiger partial charge in [-0.05, 0) is 54.7 Å². The second kappa shape index (κ2) is 6.38. The highest BCUT2D eigenvalue weighted by molar-refractivity contribution is 7.99. The first-order valence-electron chi connectivity index (χ1n) is 9.58. The summed E-state index contributed by atoms with van der Waals surface area (Å²) in [6.07, 6.45) is 3.62. The Labute approximate surface area is 163 Å². The van der Waals surface area contributed by atoms with Crippen molar-refractivity contribution < 1.29 is 4.79 Å². The average Bonchev–Trinajstić information content (AvgIpc) is 2.68. The van der Waals surface area contributed by atoms with Crippen molar-refractivity contribution in [1.29, 1.82) is 0 Å². The molecule has 2 atom stereocenters. The fourth-order valence-electron chi connectivity index (χ4n) is 4.61. The van der Waals surface area contributed by atoms with Crippen LogP contribution in [0, 0.1) is 0 Å². The molecule has 1 aromatic heterocycles. The lowest BCUT2D eigenvalue weighted by Gasteiger charge is -2.46. The van der Waals surface area contributed by atoms with Crippen LogP contribution in [-0.2, 0) is 16.6 Å². The van der Waals surface area contributed by atoms with Gasteiger partial charge in [0.1, 0.15) is 5.03 Å². The fraction of sp³-hybridized carbons (Fsp3) is 0.304. The first kappa shape index (κ1) is 16.8. The number of aryl methyl sites for hydroxylation is 1. The quantitative estimate of drug-likeness (QED) is 0.696. The minimum Gasteiger partial charge on any atom is -0.352 e. The van der Waals surface area contributed by atoms with Crippen molar-refractivity contribution in [1.82, 2.24) is 10.3 Å². The van der Waals surface area contributed by atoms with E-state index in [4.69, 9.17) is 4.98 Å². The van der Waals surface area contributed by atoms with E-state index in [-0.39, 0.29) is 17.4 Å². The molecule has 3 aromatic rings. The molecule has 1 saturated heterocycles. The summed E-state index contributed by atoms with van der Waals surface area (Å²) >= 11 is 1.72. The highest BCUT2D eigenvalue weighted by atomic mass is 32.2. The number of para-hydroxylation sites is 1. The van der Waals surface area contributed by atoms with Crippen molar-refractivity contribution >= 4 is 28.6 Å². The first-order valence-corrected chi connectivity index (χ1v) is 10.4.